The smallest absolute Gasteiger partial charge is 0.238 e. The van der Waals surface area contributed by atoms with Crippen molar-refractivity contribution >= 4 is 33.2 Å². The van der Waals surface area contributed by atoms with Gasteiger partial charge in [-0.3, -0.25) is 4.79 Å². The molecule has 6 nitrogen and oxygen atoms in total. The summed E-state index contributed by atoms with van der Waals surface area (Å²) < 4.78 is 22.4. The van der Waals surface area contributed by atoms with Crippen LogP contribution in [-0.4, -0.2) is 27.4 Å². The second-order valence-electron chi connectivity index (χ2n) is 5.95. The summed E-state index contributed by atoms with van der Waals surface area (Å²) in [6.07, 6.45) is 1.07. The second-order valence-corrected chi connectivity index (χ2v) is 7.92. The van der Waals surface area contributed by atoms with E-state index in [-0.39, 0.29) is 10.8 Å². The van der Waals surface area contributed by atoms with Gasteiger partial charge in [0.25, 0.3) is 0 Å². The lowest BCUT2D eigenvalue weighted by molar-refractivity contribution is -0.116. The topological polar surface area (TPSA) is 101 Å². The third kappa shape index (κ3) is 6.42. The maximum atomic E-state index is 11.9. The minimum atomic E-state index is -3.66. The Balaban J connectivity index is 1.68. The van der Waals surface area contributed by atoms with Gasteiger partial charge >= 0.3 is 0 Å². The Hall–Kier alpha value is -1.93. The molecule has 0 unspecified atom stereocenters. The van der Waals surface area contributed by atoms with Gasteiger partial charge in [0.2, 0.25) is 15.9 Å². The molecular weight excluding hydrogens is 374 g/mol. The molecule has 1 amide bonds. The van der Waals surface area contributed by atoms with Crippen LogP contribution in [0.1, 0.15) is 17.5 Å². The van der Waals surface area contributed by atoms with Crippen LogP contribution < -0.4 is 15.8 Å². The van der Waals surface area contributed by atoms with Crippen molar-refractivity contribution in [2.75, 3.05) is 18.4 Å². The van der Waals surface area contributed by atoms with Crippen molar-refractivity contribution in [1.82, 2.24) is 5.32 Å². The van der Waals surface area contributed by atoms with Crippen LogP contribution in [0, 0.1) is 6.92 Å². The van der Waals surface area contributed by atoms with E-state index in [0.29, 0.717) is 30.2 Å². The maximum Gasteiger partial charge on any atom is 0.238 e. The van der Waals surface area contributed by atoms with E-state index in [2.05, 4.69) is 10.6 Å². The van der Waals surface area contributed by atoms with Gasteiger partial charge in [-0.15, -0.1) is 0 Å². The minimum absolute atomic E-state index is 0.0880. The number of carbonyl (C=O) groups is 1. The highest BCUT2D eigenvalue weighted by Gasteiger charge is 2.07. The van der Waals surface area contributed by atoms with Crippen LogP contribution in [0.5, 0.6) is 0 Å². The van der Waals surface area contributed by atoms with E-state index in [4.69, 9.17) is 16.7 Å². The van der Waals surface area contributed by atoms with Crippen LogP contribution >= 0.6 is 11.6 Å². The van der Waals surface area contributed by atoms with Gasteiger partial charge in [0.05, 0.1) is 4.90 Å². The predicted octanol–water partition coefficient (Wildman–Crippen LogP) is 2.46. The molecule has 0 spiro atoms. The number of primary sulfonamides is 1. The van der Waals surface area contributed by atoms with Crippen LogP contribution in [0.25, 0.3) is 0 Å². The van der Waals surface area contributed by atoms with Crippen molar-refractivity contribution < 1.29 is 13.2 Å². The van der Waals surface area contributed by atoms with Crippen molar-refractivity contribution in [3.63, 3.8) is 0 Å². The zero-order chi connectivity index (χ0) is 19.2. The molecule has 0 radical (unpaired) electrons. The molecule has 0 atom stereocenters. The van der Waals surface area contributed by atoms with Crippen LogP contribution in [0.4, 0.5) is 5.69 Å². The van der Waals surface area contributed by atoms with Crippen molar-refractivity contribution in [2.45, 2.75) is 24.7 Å². The Kier molecular flexibility index (Phi) is 7.16. The molecular formula is C18H22ClN3O3S. The Morgan fingerprint density at radius 3 is 2.42 bits per heavy atom. The largest absolute Gasteiger partial charge is 0.326 e. The number of rotatable bonds is 8. The van der Waals surface area contributed by atoms with Crippen LogP contribution in [0.3, 0.4) is 0 Å². The summed E-state index contributed by atoms with van der Waals surface area (Å²) in [4.78, 5) is 12.0. The minimum Gasteiger partial charge on any atom is -0.326 e. The Morgan fingerprint density at radius 2 is 1.81 bits per heavy atom. The number of hydrogen-bond donors (Lipinski definition) is 3. The number of amides is 1. The molecule has 0 fully saturated rings. The highest BCUT2D eigenvalue weighted by atomic mass is 35.5. The Morgan fingerprint density at radius 1 is 1.12 bits per heavy atom. The molecule has 2 aromatic carbocycles. The molecule has 2 aromatic rings. The third-order valence-electron chi connectivity index (χ3n) is 3.83. The monoisotopic (exact) mass is 395 g/mol. The molecule has 0 aliphatic rings. The first-order chi connectivity index (χ1) is 12.3. The fourth-order valence-electron chi connectivity index (χ4n) is 2.30. The fraction of sp³-hybridized carbons (Fsp3) is 0.278. The molecule has 0 saturated carbocycles. The molecule has 2 rings (SSSR count). The summed E-state index contributed by atoms with van der Waals surface area (Å²) in [5.41, 5.74) is 2.63. The number of hydrogen-bond acceptors (Lipinski definition) is 4. The summed E-state index contributed by atoms with van der Waals surface area (Å²) in [5, 5.41) is 11.7. The van der Waals surface area contributed by atoms with Gasteiger partial charge < -0.3 is 10.6 Å². The SMILES string of the molecule is Cc1ccc(NC(=O)CCNCCc2ccc(S(N)(=O)=O)cc2)cc1Cl. The Labute approximate surface area is 158 Å². The molecule has 0 aliphatic heterocycles. The van der Waals surface area contributed by atoms with E-state index in [1.807, 2.05) is 19.1 Å². The standard InChI is InChI=1S/C18H22ClN3O3S/c1-13-2-5-15(12-17(13)19)22-18(23)9-11-21-10-8-14-3-6-16(7-4-14)26(20,24)25/h2-7,12,21H,8-11H2,1H3,(H,22,23)(H2,20,24,25). The van der Waals surface area contributed by atoms with Gasteiger partial charge in [-0.05, 0) is 55.3 Å². The van der Waals surface area contributed by atoms with Gasteiger partial charge in [0.15, 0.2) is 0 Å². The number of benzene rings is 2. The lowest BCUT2D eigenvalue weighted by Crippen LogP contribution is -2.23. The number of aryl methyl sites for hydroxylation is 1. The van der Waals surface area contributed by atoms with E-state index in [1.54, 1.807) is 18.2 Å². The normalized spacial score (nSPS) is 11.3. The summed E-state index contributed by atoms with van der Waals surface area (Å²) >= 11 is 6.03. The predicted molar refractivity (Wildman–Crippen MR) is 104 cm³/mol. The van der Waals surface area contributed by atoms with Crippen LogP contribution in [-0.2, 0) is 21.2 Å². The number of anilines is 1. The molecule has 0 heterocycles. The summed E-state index contributed by atoms with van der Waals surface area (Å²) in [6, 6.07) is 11.8. The van der Waals surface area contributed by atoms with E-state index in [0.717, 1.165) is 17.5 Å². The second kappa shape index (κ2) is 9.14. The lowest BCUT2D eigenvalue weighted by Gasteiger charge is -2.08. The number of carbonyl (C=O) groups excluding carboxylic acids is 1. The van der Waals surface area contributed by atoms with Crippen LogP contribution in [0.15, 0.2) is 47.4 Å². The van der Waals surface area contributed by atoms with Gasteiger partial charge in [0, 0.05) is 23.7 Å². The molecule has 140 valence electrons. The molecule has 0 bridgehead atoms. The van der Waals surface area contributed by atoms with Crippen molar-refractivity contribution in [2.24, 2.45) is 5.14 Å². The van der Waals surface area contributed by atoms with Gasteiger partial charge in [-0.1, -0.05) is 29.8 Å². The Bertz CT molecular complexity index is 868. The molecule has 0 aliphatic carbocycles. The van der Waals surface area contributed by atoms with Gasteiger partial charge in [-0.2, -0.15) is 0 Å². The number of nitrogens with one attached hydrogen (secondary N) is 2. The quantitative estimate of drug-likeness (QED) is 0.597. The van der Waals surface area contributed by atoms with E-state index in [1.165, 1.54) is 12.1 Å². The maximum absolute atomic E-state index is 11.9. The highest BCUT2D eigenvalue weighted by Crippen LogP contribution is 2.19. The number of nitrogens with two attached hydrogens (primary N) is 1. The average Bonchev–Trinajstić information content (AvgIpc) is 2.57. The summed E-state index contributed by atoms with van der Waals surface area (Å²) in [6.45, 7) is 3.12. The van der Waals surface area contributed by atoms with E-state index >= 15 is 0 Å². The molecule has 8 heteroatoms. The van der Waals surface area contributed by atoms with Gasteiger partial charge in [0.1, 0.15) is 0 Å². The summed E-state index contributed by atoms with van der Waals surface area (Å²) in [7, 11) is -3.66. The zero-order valence-corrected chi connectivity index (χ0v) is 16.0. The summed E-state index contributed by atoms with van der Waals surface area (Å²) in [5.74, 6) is -0.0880. The van der Waals surface area contributed by atoms with Crippen molar-refractivity contribution in [1.29, 1.82) is 0 Å². The molecule has 0 saturated heterocycles. The molecule has 26 heavy (non-hydrogen) atoms. The fourth-order valence-corrected chi connectivity index (χ4v) is 3.00. The number of halogens is 1. The first-order valence-electron chi connectivity index (χ1n) is 8.14. The van der Waals surface area contributed by atoms with E-state index < -0.39 is 10.0 Å². The number of sulfonamides is 1. The highest BCUT2D eigenvalue weighted by molar-refractivity contribution is 7.89. The lowest BCUT2D eigenvalue weighted by atomic mass is 10.1. The van der Waals surface area contributed by atoms with Crippen molar-refractivity contribution in [3.8, 4) is 0 Å². The van der Waals surface area contributed by atoms with Gasteiger partial charge in [-0.25, -0.2) is 13.6 Å². The van der Waals surface area contributed by atoms with Crippen LogP contribution in [0.2, 0.25) is 5.02 Å². The third-order valence-corrected chi connectivity index (χ3v) is 5.16. The van der Waals surface area contributed by atoms with Crippen molar-refractivity contribution in [3.05, 3.63) is 58.6 Å². The first kappa shape index (κ1) is 20.4. The molecule has 4 N–H and O–H groups in total. The van der Waals surface area contributed by atoms with E-state index in [9.17, 15) is 13.2 Å². The average molecular weight is 396 g/mol. The molecule has 0 aromatic heterocycles. The first-order valence-corrected chi connectivity index (χ1v) is 10.1. The zero-order valence-electron chi connectivity index (χ0n) is 14.5.